The van der Waals surface area contributed by atoms with Crippen LogP contribution in [-0.2, 0) is 6.42 Å². The Morgan fingerprint density at radius 3 is 1.89 bits per heavy atom. The lowest BCUT2D eigenvalue weighted by Crippen LogP contribution is -1.91. The van der Waals surface area contributed by atoms with Crippen molar-refractivity contribution in [2.24, 2.45) is 0 Å². The summed E-state index contributed by atoms with van der Waals surface area (Å²) >= 11 is 0. The molecule has 1 rings (SSSR count). The third-order valence-electron chi connectivity index (χ3n) is 3.66. The summed E-state index contributed by atoms with van der Waals surface area (Å²) in [5.41, 5.74) is 1.14. The van der Waals surface area contributed by atoms with Crippen molar-refractivity contribution in [1.82, 2.24) is 10.2 Å². The van der Waals surface area contributed by atoms with Crippen molar-refractivity contribution < 1.29 is 0 Å². The number of hydrogen-bond donors (Lipinski definition) is 0. The summed E-state index contributed by atoms with van der Waals surface area (Å²) in [4.78, 5) is 0. The van der Waals surface area contributed by atoms with Gasteiger partial charge >= 0.3 is 0 Å². The molecule has 0 aromatic carbocycles. The summed E-state index contributed by atoms with van der Waals surface area (Å²) in [5, 5.41) is 8.02. The average Bonchev–Trinajstić information content (AvgIpc) is 2.46. The minimum absolute atomic E-state index is 1.09. The second-order valence-electron chi connectivity index (χ2n) is 5.50. The van der Waals surface area contributed by atoms with Crippen LogP contribution in [0, 0.1) is 0 Å². The molecule has 0 bridgehead atoms. The Morgan fingerprint density at radius 1 is 0.789 bits per heavy atom. The second-order valence-corrected chi connectivity index (χ2v) is 5.50. The van der Waals surface area contributed by atoms with E-state index in [1.54, 1.807) is 6.20 Å². The van der Waals surface area contributed by atoms with E-state index >= 15 is 0 Å². The lowest BCUT2D eigenvalue weighted by molar-refractivity contribution is 0.548. The zero-order chi connectivity index (χ0) is 13.6. The number of aryl methyl sites for hydroxylation is 1. The van der Waals surface area contributed by atoms with Gasteiger partial charge in [-0.25, -0.2) is 0 Å². The maximum atomic E-state index is 4.11. The highest BCUT2D eigenvalue weighted by Gasteiger charge is 1.95. The molecule has 0 amide bonds. The Bertz CT molecular complexity index is 285. The molecule has 0 saturated carbocycles. The van der Waals surface area contributed by atoms with Gasteiger partial charge in [0.15, 0.2) is 0 Å². The molecule has 2 nitrogen and oxygen atoms in total. The Kier molecular flexibility index (Phi) is 10.3. The van der Waals surface area contributed by atoms with E-state index in [0.717, 1.165) is 12.1 Å². The molecule has 0 aliphatic heterocycles. The predicted octanol–water partition coefficient (Wildman–Crippen LogP) is 5.33. The molecule has 0 radical (unpaired) electrons. The Morgan fingerprint density at radius 2 is 1.37 bits per heavy atom. The Hall–Kier alpha value is -0.920. The van der Waals surface area contributed by atoms with Gasteiger partial charge in [0.05, 0.1) is 5.69 Å². The van der Waals surface area contributed by atoms with Crippen LogP contribution in [0.2, 0.25) is 0 Å². The third-order valence-corrected chi connectivity index (χ3v) is 3.66. The molecule has 0 saturated heterocycles. The SMILES string of the molecule is CCCCCCCCCCCCCc1cccnn1. The molecular formula is C17H30N2. The van der Waals surface area contributed by atoms with Crippen molar-refractivity contribution in [3.8, 4) is 0 Å². The van der Waals surface area contributed by atoms with Crippen molar-refractivity contribution in [3.63, 3.8) is 0 Å². The molecule has 19 heavy (non-hydrogen) atoms. The van der Waals surface area contributed by atoms with Crippen molar-refractivity contribution in [1.29, 1.82) is 0 Å². The molecule has 0 aliphatic rings. The number of unbranched alkanes of at least 4 members (excludes halogenated alkanes) is 10. The van der Waals surface area contributed by atoms with Gasteiger partial charge in [0.2, 0.25) is 0 Å². The van der Waals surface area contributed by atoms with E-state index in [4.69, 9.17) is 0 Å². The highest BCUT2D eigenvalue weighted by Crippen LogP contribution is 2.12. The zero-order valence-electron chi connectivity index (χ0n) is 12.6. The number of hydrogen-bond acceptors (Lipinski definition) is 2. The maximum Gasteiger partial charge on any atom is 0.0631 e. The van der Waals surface area contributed by atoms with E-state index < -0.39 is 0 Å². The topological polar surface area (TPSA) is 25.8 Å². The fourth-order valence-corrected chi connectivity index (χ4v) is 2.44. The van der Waals surface area contributed by atoms with Crippen LogP contribution >= 0.6 is 0 Å². The minimum Gasteiger partial charge on any atom is -0.159 e. The predicted molar refractivity (Wildman–Crippen MR) is 82.2 cm³/mol. The van der Waals surface area contributed by atoms with Crippen LogP contribution in [0.25, 0.3) is 0 Å². The Labute approximate surface area is 119 Å². The van der Waals surface area contributed by atoms with Crippen LogP contribution in [0.3, 0.4) is 0 Å². The summed E-state index contributed by atoms with van der Waals surface area (Å²) in [6, 6.07) is 4.05. The number of aromatic nitrogens is 2. The monoisotopic (exact) mass is 262 g/mol. The lowest BCUT2D eigenvalue weighted by Gasteiger charge is -2.02. The first kappa shape index (κ1) is 16.1. The van der Waals surface area contributed by atoms with Crippen LogP contribution in [-0.4, -0.2) is 10.2 Å². The highest BCUT2D eigenvalue weighted by atomic mass is 15.1. The van der Waals surface area contributed by atoms with Crippen LogP contribution in [0.5, 0.6) is 0 Å². The van der Waals surface area contributed by atoms with Gasteiger partial charge in [0.1, 0.15) is 0 Å². The molecule has 1 aromatic rings. The minimum atomic E-state index is 1.09. The summed E-state index contributed by atoms with van der Waals surface area (Å²) in [6.45, 7) is 2.28. The fraction of sp³-hybridized carbons (Fsp3) is 0.765. The smallest absolute Gasteiger partial charge is 0.0631 e. The first-order valence-electron chi connectivity index (χ1n) is 8.20. The van der Waals surface area contributed by atoms with Gasteiger partial charge in [0, 0.05) is 6.20 Å². The quantitative estimate of drug-likeness (QED) is 0.476. The van der Waals surface area contributed by atoms with Gasteiger partial charge in [-0.15, -0.1) is 0 Å². The van der Waals surface area contributed by atoms with E-state index in [2.05, 4.69) is 23.2 Å². The average molecular weight is 262 g/mol. The number of nitrogens with zero attached hydrogens (tertiary/aromatic N) is 2. The molecule has 0 N–H and O–H groups in total. The molecule has 0 atom stereocenters. The highest BCUT2D eigenvalue weighted by molar-refractivity contribution is 4.98. The maximum absolute atomic E-state index is 4.11. The molecule has 1 heterocycles. The van der Waals surface area contributed by atoms with E-state index in [0.29, 0.717) is 0 Å². The van der Waals surface area contributed by atoms with Gasteiger partial charge in [-0.2, -0.15) is 10.2 Å². The first-order valence-corrected chi connectivity index (χ1v) is 8.20. The summed E-state index contributed by atoms with van der Waals surface area (Å²) in [5.74, 6) is 0. The number of rotatable bonds is 12. The Balaban J connectivity index is 1.79. The molecule has 0 unspecified atom stereocenters. The van der Waals surface area contributed by atoms with Crippen LogP contribution in [0.4, 0.5) is 0 Å². The molecule has 0 aliphatic carbocycles. The van der Waals surface area contributed by atoms with Crippen LogP contribution in [0.15, 0.2) is 18.3 Å². The van der Waals surface area contributed by atoms with Crippen molar-refractivity contribution in [3.05, 3.63) is 24.0 Å². The molecule has 1 aromatic heterocycles. The van der Waals surface area contributed by atoms with Crippen LogP contribution < -0.4 is 0 Å². The summed E-state index contributed by atoms with van der Waals surface area (Å²) in [6.07, 6.45) is 18.2. The fourth-order valence-electron chi connectivity index (χ4n) is 2.44. The van der Waals surface area contributed by atoms with Gasteiger partial charge in [-0.1, -0.05) is 71.1 Å². The van der Waals surface area contributed by atoms with E-state index in [1.165, 1.54) is 70.6 Å². The van der Waals surface area contributed by atoms with E-state index in [9.17, 15) is 0 Å². The second kappa shape index (κ2) is 12.1. The van der Waals surface area contributed by atoms with Crippen molar-refractivity contribution in [2.75, 3.05) is 0 Å². The largest absolute Gasteiger partial charge is 0.159 e. The molecule has 0 fully saturated rings. The molecule has 0 spiro atoms. The zero-order valence-corrected chi connectivity index (χ0v) is 12.6. The van der Waals surface area contributed by atoms with Gasteiger partial charge in [-0.3, -0.25) is 0 Å². The van der Waals surface area contributed by atoms with Gasteiger partial charge in [-0.05, 0) is 25.0 Å². The van der Waals surface area contributed by atoms with E-state index in [1.807, 2.05) is 6.07 Å². The van der Waals surface area contributed by atoms with Crippen LogP contribution in [0.1, 0.15) is 83.2 Å². The van der Waals surface area contributed by atoms with Crippen molar-refractivity contribution >= 4 is 0 Å². The molecule has 108 valence electrons. The summed E-state index contributed by atoms with van der Waals surface area (Å²) < 4.78 is 0. The normalized spacial score (nSPS) is 10.8. The van der Waals surface area contributed by atoms with E-state index in [-0.39, 0.29) is 0 Å². The van der Waals surface area contributed by atoms with Crippen molar-refractivity contribution in [2.45, 2.75) is 84.0 Å². The summed E-state index contributed by atoms with van der Waals surface area (Å²) in [7, 11) is 0. The molecular weight excluding hydrogens is 232 g/mol. The standard InChI is InChI=1S/C17H30N2/c1-2-3-4-5-6-7-8-9-10-11-12-14-17-15-13-16-18-19-17/h13,15-16H,2-12,14H2,1H3. The third kappa shape index (κ3) is 9.63. The lowest BCUT2D eigenvalue weighted by atomic mass is 10.0. The van der Waals surface area contributed by atoms with Gasteiger partial charge < -0.3 is 0 Å². The first-order chi connectivity index (χ1) is 9.43. The molecule has 2 heteroatoms. The van der Waals surface area contributed by atoms with Gasteiger partial charge in [0.25, 0.3) is 0 Å².